The molecule has 3 aliphatic heterocycles. The second kappa shape index (κ2) is 11.4. The third-order valence-corrected chi connectivity index (χ3v) is 7.29. The standard InChI is InChI=1S/C26H39N9OS/c1-31(2)16-14-28-24-22(35(6)37-7)19(13-15-32(24)3)20-17-33(4)23(27)21(29-20)26-34(5)30-25(36-26)18-11-9-8-10-12-18/h8-13,26,28H,14-17,27H2,1-7H3. The van der Waals surface area contributed by atoms with E-state index in [4.69, 9.17) is 15.5 Å². The first kappa shape index (κ1) is 26.7. The lowest BCUT2D eigenvalue weighted by Crippen LogP contribution is -2.43. The largest absolute Gasteiger partial charge is 0.444 e. The van der Waals surface area contributed by atoms with Gasteiger partial charge in [-0.2, -0.15) is 0 Å². The number of ether oxygens (including phenoxy) is 1. The monoisotopic (exact) mass is 525 g/mol. The molecule has 3 heterocycles. The molecule has 0 aromatic heterocycles. The molecule has 0 bridgehead atoms. The predicted octanol–water partition coefficient (Wildman–Crippen LogP) is 1.55. The van der Waals surface area contributed by atoms with Crippen LogP contribution in [0.5, 0.6) is 0 Å². The van der Waals surface area contributed by atoms with Crippen molar-refractivity contribution in [3.05, 3.63) is 70.6 Å². The number of hydrogen-bond acceptors (Lipinski definition) is 11. The van der Waals surface area contributed by atoms with Crippen molar-refractivity contribution in [3.8, 4) is 0 Å². The Kier molecular flexibility index (Phi) is 8.23. The fourth-order valence-electron chi connectivity index (χ4n) is 4.42. The normalized spacial score (nSPS) is 20.3. The minimum Gasteiger partial charge on any atom is -0.444 e. The van der Waals surface area contributed by atoms with Crippen LogP contribution in [0.15, 0.2) is 75.1 Å². The van der Waals surface area contributed by atoms with Crippen LogP contribution < -0.4 is 11.1 Å². The Balaban J connectivity index is 1.67. The number of hydrogen-bond donors (Lipinski definition) is 2. The number of likely N-dealkylation sites (N-methyl/N-ethyl adjacent to an activating group) is 4. The highest BCUT2D eigenvalue weighted by atomic mass is 32.2. The van der Waals surface area contributed by atoms with Gasteiger partial charge in [0.15, 0.2) is 0 Å². The molecule has 0 fully saturated rings. The molecule has 11 heteroatoms. The summed E-state index contributed by atoms with van der Waals surface area (Å²) in [5, 5.41) is 10.1. The first-order valence-corrected chi connectivity index (χ1v) is 13.5. The van der Waals surface area contributed by atoms with Crippen LogP contribution in [0.2, 0.25) is 0 Å². The number of aliphatic imine (C=N–C) groups is 1. The third-order valence-electron chi connectivity index (χ3n) is 6.56. The predicted molar refractivity (Wildman–Crippen MR) is 152 cm³/mol. The molecule has 200 valence electrons. The number of nitrogens with one attached hydrogen (secondary N) is 1. The molecular weight excluding hydrogens is 486 g/mol. The lowest BCUT2D eigenvalue weighted by atomic mass is 10.0. The zero-order valence-corrected chi connectivity index (χ0v) is 23.7. The van der Waals surface area contributed by atoms with E-state index in [1.54, 1.807) is 17.0 Å². The summed E-state index contributed by atoms with van der Waals surface area (Å²) >= 11 is 1.67. The zero-order valence-electron chi connectivity index (χ0n) is 22.9. The fourth-order valence-corrected chi connectivity index (χ4v) is 4.78. The maximum Gasteiger partial charge on any atom is 0.240 e. The summed E-state index contributed by atoms with van der Waals surface area (Å²) in [6, 6.07) is 9.89. The van der Waals surface area contributed by atoms with Gasteiger partial charge in [0.05, 0.1) is 18.0 Å². The Morgan fingerprint density at radius 1 is 1.14 bits per heavy atom. The molecule has 0 saturated carbocycles. The molecule has 1 aromatic carbocycles. The summed E-state index contributed by atoms with van der Waals surface area (Å²) in [7, 11) is 12.3. The van der Waals surface area contributed by atoms with Gasteiger partial charge in [-0.05, 0) is 26.2 Å². The number of rotatable bonds is 9. The summed E-state index contributed by atoms with van der Waals surface area (Å²) in [6.45, 7) is 3.17. The van der Waals surface area contributed by atoms with Gasteiger partial charge in [0.2, 0.25) is 12.1 Å². The quantitative estimate of drug-likeness (QED) is 0.466. The molecule has 0 radical (unpaired) electrons. The van der Waals surface area contributed by atoms with Gasteiger partial charge < -0.3 is 34.8 Å². The summed E-state index contributed by atoms with van der Waals surface area (Å²) < 4.78 is 8.49. The van der Waals surface area contributed by atoms with Crippen LogP contribution in [0.25, 0.3) is 0 Å². The molecule has 1 unspecified atom stereocenters. The summed E-state index contributed by atoms with van der Waals surface area (Å²) in [4.78, 5) is 11.6. The Morgan fingerprint density at radius 2 is 1.86 bits per heavy atom. The van der Waals surface area contributed by atoms with Gasteiger partial charge in [0, 0.05) is 65.2 Å². The van der Waals surface area contributed by atoms with Gasteiger partial charge in [-0.25, -0.2) is 4.99 Å². The van der Waals surface area contributed by atoms with Gasteiger partial charge in [-0.15, -0.1) is 5.10 Å². The Morgan fingerprint density at radius 3 is 2.54 bits per heavy atom. The van der Waals surface area contributed by atoms with Crippen LogP contribution in [-0.2, 0) is 4.74 Å². The molecule has 0 saturated heterocycles. The van der Waals surface area contributed by atoms with E-state index in [-0.39, 0.29) is 0 Å². The van der Waals surface area contributed by atoms with Crippen LogP contribution in [0.3, 0.4) is 0 Å². The highest BCUT2D eigenvalue weighted by Crippen LogP contribution is 2.32. The van der Waals surface area contributed by atoms with Gasteiger partial charge in [0.1, 0.15) is 17.3 Å². The van der Waals surface area contributed by atoms with Crippen LogP contribution in [0, 0.1) is 0 Å². The van der Waals surface area contributed by atoms with E-state index in [1.165, 1.54) is 0 Å². The van der Waals surface area contributed by atoms with Crippen LogP contribution in [0.1, 0.15) is 5.56 Å². The van der Waals surface area contributed by atoms with Gasteiger partial charge in [-0.1, -0.05) is 36.2 Å². The highest BCUT2D eigenvalue weighted by Gasteiger charge is 2.36. The minimum atomic E-state index is -0.511. The molecule has 3 N–H and O–H groups in total. The SMILES string of the molecule is CSN(C)C1=C(NCCN(C)C)N(C)CC=C1C1=NC(C2OC(c3ccccc3)=NN2C)=C(N)N(C)C1. The van der Waals surface area contributed by atoms with Crippen LogP contribution in [0.4, 0.5) is 0 Å². The van der Waals surface area contributed by atoms with Gasteiger partial charge in [-0.3, -0.25) is 5.01 Å². The summed E-state index contributed by atoms with van der Waals surface area (Å²) in [6.07, 6.45) is 3.82. The maximum atomic E-state index is 6.57. The Labute approximate surface area is 224 Å². The fraction of sp³-hybridized carbons (Fsp3) is 0.462. The van der Waals surface area contributed by atoms with Gasteiger partial charge in [0.25, 0.3) is 0 Å². The number of benzene rings is 1. The number of allylic oxidation sites excluding steroid dienone is 1. The molecule has 4 rings (SSSR count). The lowest BCUT2D eigenvalue weighted by molar-refractivity contribution is 0.106. The Hall–Kier alpha value is -3.31. The minimum absolute atomic E-state index is 0.511. The maximum absolute atomic E-state index is 6.57. The van der Waals surface area contributed by atoms with Crippen molar-refractivity contribution in [2.24, 2.45) is 15.8 Å². The second-order valence-electron chi connectivity index (χ2n) is 9.61. The molecule has 0 amide bonds. The third kappa shape index (κ3) is 5.67. The first-order chi connectivity index (χ1) is 17.7. The summed E-state index contributed by atoms with van der Waals surface area (Å²) in [5.41, 5.74) is 11.3. The zero-order chi connectivity index (χ0) is 26.7. The van der Waals surface area contributed by atoms with Crippen LogP contribution in [-0.4, -0.2) is 117 Å². The van der Waals surface area contributed by atoms with E-state index < -0.39 is 6.23 Å². The average Bonchev–Trinajstić information content (AvgIpc) is 3.27. The topological polar surface area (TPSA) is 88.2 Å². The molecule has 1 atom stereocenters. The molecule has 10 nitrogen and oxygen atoms in total. The van der Waals surface area contributed by atoms with Gasteiger partial charge >= 0.3 is 0 Å². The van der Waals surface area contributed by atoms with E-state index in [2.05, 4.69) is 65.0 Å². The molecule has 0 spiro atoms. The number of nitrogens with zero attached hydrogens (tertiary/aromatic N) is 7. The number of hydrazone groups is 1. The van der Waals surface area contributed by atoms with E-state index >= 15 is 0 Å². The van der Waals surface area contributed by atoms with Crippen molar-refractivity contribution in [1.82, 2.24) is 29.3 Å². The molecular formula is C26H39N9OS. The molecule has 1 aromatic rings. The van der Waals surface area contributed by atoms with Crippen LogP contribution >= 0.6 is 11.9 Å². The Bertz CT molecular complexity index is 1140. The summed E-state index contributed by atoms with van der Waals surface area (Å²) in [5.74, 6) is 2.24. The molecule has 0 aliphatic carbocycles. The van der Waals surface area contributed by atoms with Crippen molar-refractivity contribution in [3.63, 3.8) is 0 Å². The van der Waals surface area contributed by atoms with Crippen molar-refractivity contribution in [1.29, 1.82) is 0 Å². The average molecular weight is 526 g/mol. The van der Waals surface area contributed by atoms with Crippen molar-refractivity contribution in [2.75, 3.05) is 74.7 Å². The van der Waals surface area contributed by atoms with E-state index in [9.17, 15) is 0 Å². The van der Waals surface area contributed by atoms with E-state index in [0.29, 0.717) is 24.0 Å². The van der Waals surface area contributed by atoms with Crippen molar-refractivity contribution in [2.45, 2.75) is 6.23 Å². The lowest BCUT2D eigenvalue weighted by Gasteiger charge is -2.37. The first-order valence-electron chi connectivity index (χ1n) is 12.4. The molecule has 37 heavy (non-hydrogen) atoms. The van der Waals surface area contributed by atoms with Crippen molar-refractivity contribution >= 4 is 23.6 Å². The second-order valence-corrected chi connectivity index (χ2v) is 10.5. The smallest absolute Gasteiger partial charge is 0.240 e. The molecule has 3 aliphatic rings. The number of nitrogens with two attached hydrogens (primary N) is 1. The highest BCUT2D eigenvalue weighted by molar-refractivity contribution is 7.96. The van der Waals surface area contributed by atoms with Crippen molar-refractivity contribution < 1.29 is 4.74 Å². The van der Waals surface area contributed by atoms with E-state index in [1.807, 2.05) is 49.3 Å². The van der Waals surface area contributed by atoms with E-state index in [0.717, 1.165) is 48.0 Å².